The second-order valence-corrected chi connectivity index (χ2v) is 18.3. The van der Waals surface area contributed by atoms with E-state index in [9.17, 15) is 13.2 Å². The van der Waals surface area contributed by atoms with E-state index in [-0.39, 0.29) is 48.5 Å². The maximum absolute atomic E-state index is 15.1. The summed E-state index contributed by atoms with van der Waals surface area (Å²) in [7, 11) is -3.09. The Labute approximate surface area is 322 Å². The number of aryl methyl sites for hydroxylation is 1. The van der Waals surface area contributed by atoms with Crippen LogP contribution < -0.4 is 4.74 Å². The van der Waals surface area contributed by atoms with Gasteiger partial charge in [-0.1, -0.05) is 68.2 Å². The number of pyridine rings is 1. The number of nitrogens with zero attached hydrogens (tertiary/aromatic N) is 6. The zero-order valence-corrected chi connectivity index (χ0v) is 33.6. The molecule has 4 heterocycles. The number of carbonyl (C=O) groups excluding carboxylic acids is 2. The van der Waals surface area contributed by atoms with Gasteiger partial charge in [-0.05, 0) is 55.7 Å². The Balaban J connectivity index is 1.39. The van der Waals surface area contributed by atoms with Crippen LogP contribution in [-0.4, -0.2) is 115 Å². The van der Waals surface area contributed by atoms with E-state index >= 15 is 4.79 Å². The summed E-state index contributed by atoms with van der Waals surface area (Å²) in [4.78, 5) is 45.8. The van der Waals surface area contributed by atoms with Gasteiger partial charge in [-0.25, -0.2) is 13.2 Å². The number of amides is 3. The number of amidine groups is 1. The van der Waals surface area contributed by atoms with E-state index in [1.165, 1.54) is 0 Å². The zero-order valence-electron chi connectivity index (χ0n) is 31.2. The third-order valence-corrected chi connectivity index (χ3v) is 12.6. The fourth-order valence-corrected chi connectivity index (χ4v) is 8.66. The molecule has 2 aromatic carbocycles. The van der Waals surface area contributed by atoms with E-state index in [4.69, 9.17) is 37.9 Å². The van der Waals surface area contributed by atoms with Crippen LogP contribution in [0.1, 0.15) is 68.6 Å². The van der Waals surface area contributed by atoms with E-state index in [2.05, 4.69) is 20.8 Å². The van der Waals surface area contributed by atoms with Crippen molar-refractivity contribution < 1.29 is 22.7 Å². The molecule has 14 heteroatoms. The molecule has 3 amide bonds. The molecular weight excluding hydrogens is 735 g/mol. The van der Waals surface area contributed by atoms with E-state index in [0.717, 1.165) is 22.4 Å². The molecule has 3 aliphatic heterocycles. The van der Waals surface area contributed by atoms with Gasteiger partial charge in [0.25, 0.3) is 0 Å². The second-order valence-electron chi connectivity index (χ2n) is 15.2. The molecule has 0 bridgehead atoms. The van der Waals surface area contributed by atoms with Crippen LogP contribution in [0, 0.1) is 6.92 Å². The number of carbonyl (C=O) groups is 2. The quantitative estimate of drug-likeness (QED) is 0.284. The van der Waals surface area contributed by atoms with Crippen molar-refractivity contribution >= 4 is 50.8 Å². The Morgan fingerprint density at radius 1 is 0.943 bits per heavy atom. The monoisotopic (exact) mass is 782 g/mol. The molecular formula is C39H48Cl2N6O5S. The number of hydrogen-bond donors (Lipinski definition) is 0. The number of rotatable bonds is 7. The Kier molecular flexibility index (Phi) is 11.2. The summed E-state index contributed by atoms with van der Waals surface area (Å²) in [6, 6.07) is 14.5. The third kappa shape index (κ3) is 8.21. The highest BCUT2D eigenvalue weighted by atomic mass is 35.5. The molecule has 284 valence electrons. The van der Waals surface area contributed by atoms with Crippen molar-refractivity contribution in [3.05, 3.63) is 92.7 Å². The SMILES string of the molecule is CCOc1cc(C(C)(C)C)ncc1C1=N[C@@](C)(c2ccc(Cl)cc2)C(c2ccc(Cl)c(C)c2)N1C(=O)N1CCN(CC(=O)N2CCS(=O)(=O)CC2)CC1. The average Bonchev–Trinajstić information content (AvgIpc) is 3.43. The number of urea groups is 1. The number of ether oxygens (including phenoxy) is 1. The fourth-order valence-electron chi connectivity index (χ4n) is 7.21. The highest BCUT2D eigenvalue weighted by Gasteiger charge is 2.52. The molecule has 53 heavy (non-hydrogen) atoms. The van der Waals surface area contributed by atoms with E-state index in [1.54, 1.807) is 16.0 Å². The van der Waals surface area contributed by atoms with Gasteiger partial charge in [0, 0.05) is 72.7 Å². The lowest BCUT2D eigenvalue weighted by Crippen LogP contribution is -2.56. The van der Waals surface area contributed by atoms with E-state index < -0.39 is 21.4 Å². The maximum Gasteiger partial charge on any atom is 0.326 e. The second kappa shape index (κ2) is 15.2. The third-order valence-electron chi connectivity index (χ3n) is 10.4. The van der Waals surface area contributed by atoms with Crippen LogP contribution in [0.4, 0.5) is 4.79 Å². The molecule has 0 spiro atoms. The average molecular weight is 784 g/mol. The first-order chi connectivity index (χ1) is 25.0. The van der Waals surface area contributed by atoms with E-state index in [0.29, 0.717) is 60.0 Å². The van der Waals surface area contributed by atoms with Crippen LogP contribution >= 0.6 is 23.2 Å². The van der Waals surface area contributed by atoms with Gasteiger partial charge >= 0.3 is 6.03 Å². The number of aromatic nitrogens is 1. The lowest BCUT2D eigenvalue weighted by atomic mass is 9.81. The minimum absolute atomic E-state index is 0.0105. The summed E-state index contributed by atoms with van der Waals surface area (Å²) in [5.74, 6) is 0.913. The minimum atomic E-state index is -3.09. The summed E-state index contributed by atoms with van der Waals surface area (Å²) in [5.41, 5.74) is 2.86. The van der Waals surface area contributed by atoms with Crippen LogP contribution in [0.2, 0.25) is 10.0 Å². The lowest BCUT2D eigenvalue weighted by Gasteiger charge is -2.41. The van der Waals surface area contributed by atoms with Crippen LogP contribution in [-0.2, 0) is 25.6 Å². The fraction of sp³-hybridized carbons (Fsp3) is 0.487. The maximum atomic E-state index is 15.1. The molecule has 2 fully saturated rings. The predicted molar refractivity (Wildman–Crippen MR) is 209 cm³/mol. The molecule has 11 nitrogen and oxygen atoms in total. The Hall–Kier alpha value is -3.71. The standard InChI is InChI=1S/C39H48Cl2N6O5S/c1-7-52-32-23-33(38(3,4)5)42-24-30(32)36-43-39(6,28-9-11-29(40)12-10-28)35(27-8-13-31(41)26(2)22-27)47(36)37(49)46-16-14-44(15-17-46)25-34(48)45-18-20-53(50,51)21-19-45/h8-13,22-24,35H,7,14-21,25H2,1-6H3/t35?,39-/m0/s1. The van der Waals surface area contributed by atoms with Crippen LogP contribution in [0.5, 0.6) is 5.75 Å². The van der Waals surface area contributed by atoms with Crippen molar-refractivity contribution in [2.75, 3.05) is 63.9 Å². The molecule has 2 atom stereocenters. The molecule has 6 rings (SSSR count). The summed E-state index contributed by atoms with van der Waals surface area (Å²) < 4.78 is 30.0. The molecule has 3 aromatic rings. The number of aliphatic imine (C=N–C) groups is 1. The summed E-state index contributed by atoms with van der Waals surface area (Å²) in [5, 5.41) is 1.21. The Bertz CT molecular complexity index is 2000. The van der Waals surface area contributed by atoms with Crippen molar-refractivity contribution in [2.45, 2.75) is 58.5 Å². The summed E-state index contributed by atoms with van der Waals surface area (Å²) in [6.45, 7) is 14.9. The van der Waals surface area contributed by atoms with Crippen LogP contribution in [0.25, 0.3) is 0 Å². The highest BCUT2D eigenvalue weighted by molar-refractivity contribution is 7.91. The number of sulfone groups is 1. The first-order valence-electron chi connectivity index (χ1n) is 18.0. The topological polar surface area (TPSA) is 116 Å². The van der Waals surface area contributed by atoms with Crippen molar-refractivity contribution in [3.8, 4) is 5.75 Å². The Morgan fingerprint density at radius 3 is 2.21 bits per heavy atom. The molecule has 0 N–H and O–H groups in total. The first kappa shape index (κ1) is 39.0. The molecule has 0 radical (unpaired) electrons. The van der Waals surface area contributed by atoms with Gasteiger partial charge in [0.2, 0.25) is 5.91 Å². The Morgan fingerprint density at radius 2 is 1.60 bits per heavy atom. The number of hydrogen-bond acceptors (Lipinski definition) is 8. The number of halogens is 2. The molecule has 1 aromatic heterocycles. The van der Waals surface area contributed by atoms with Gasteiger partial charge in [0.05, 0.1) is 36.3 Å². The van der Waals surface area contributed by atoms with Crippen molar-refractivity contribution in [1.82, 2.24) is 24.6 Å². The van der Waals surface area contributed by atoms with Crippen molar-refractivity contribution in [2.24, 2.45) is 4.99 Å². The largest absolute Gasteiger partial charge is 0.493 e. The van der Waals surface area contributed by atoms with Crippen LogP contribution in [0.3, 0.4) is 0 Å². The smallest absolute Gasteiger partial charge is 0.326 e. The van der Waals surface area contributed by atoms with Gasteiger partial charge in [-0.15, -0.1) is 0 Å². The van der Waals surface area contributed by atoms with Crippen molar-refractivity contribution in [3.63, 3.8) is 0 Å². The van der Waals surface area contributed by atoms with Crippen LogP contribution in [0.15, 0.2) is 59.7 Å². The lowest BCUT2D eigenvalue weighted by molar-refractivity contribution is -0.132. The van der Waals surface area contributed by atoms with Gasteiger partial charge in [-0.2, -0.15) is 0 Å². The first-order valence-corrected chi connectivity index (χ1v) is 20.6. The zero-order chi connectivity index (χ0) is 38.3. The highest BCUT2D eigenvalue weighted by Crippen LogP contribution is 2.50. The molecule has 0 aliphatic carbocycles. The van der Waals surface area contributed by atoms with E-state index in [1.807, 2.05) is 79.1 Å². The molecule has 2 saturated heterocycles. The van der Waals surface area contributed by atoms with Gasteiger partial charge in [0.15, 0.2) is 9.84 Å². The number of benzene rings is 2. The molecule has 3 aliphatic rings. The summed E-state index contributed by atoms with van der Waals surface area (Å²) >= 11 is 12.9. The number of piperazine rings is 1. The van der Waals surface area contributed by atoms with Gasteiger partial charge in [0.1, 0.15) is 17.1 Å². The van der Waals surface area contributed by atoms with Crippen molar-refractivity contribution in [1.29, 1.82) is 0 Å². The predicted octanol–water partition coefficient (Wildman–Crippen LogP) is 6.11. The molecule has 1 unspecified atom stereocenters. The normalized spacial score (nSPS) is 22.2. The minimum Gasteiger partial charge on any atom is -0.493 e. The molecule has 0 saturated carbocycles. The van der Waals surface area contributed by atoms with Gasteiger partial charge < -0.3 is 14.5 Å². The van der Waals surface area contributed by atoms with Gasteiger partial charge in [-0.3, -0.25) is 24.6 Å². The summed E-state index contributed by atoms with van der Waals surface area (Å²) in [6.07, 6.45) is 1.76.